The van der Waals surface area contributed by atoms with Gasteiger partial charge in [0.2, 0.25) is 0 Å². The van der Waals surface area contributed by atoms with Crippen LogP contribution in [0.3, 0.4) is 0 Å². The van der Waals surface area contributed by atoms with Crippen LogP contribution in [0.15, 0.2) is 24.3 Å². The summed E-state index contributed by atoms with van der Waals surface area (Å²) in [5, 5.41) is 2.78. The maximum atomic E-state index is 11.8. The molecule has 0 saturated carbocycles. The molecule has 0 spiro atoms. The molecule has 0 unspecified atom stereocenters. The predicted molar refractivity (Wildman–Crippen MR) is 77.4 cm³/mol. The van der Waals surface area contributed by atoms with Gasteiger partial charge in [0.05, 0.1) is 6.61 Å². The van der Waals surface area contributed by atoms with Gasteiger partial charge in [-0.1, -0.05) is 12.1 Å². The number of nitrogens with one attached hydrogen (secondary N) is 1. The molecule has 20 heavy (non-hydrogen) atoms. The van der Waals surface area contributed by atoms with Crippen molar-refractivity contribution in [1.29, 1.82) is 0 Å². The third-order valence-corrected chi connectivity index (χ3v) is 2.80. The van der Waals surface area contributed by atoms with Crippen LogP contribution in [0, 0.1) is 0 Å². The van der Waals surface area contributed by atoms with Crippen LogP contribution < -0.4 is 11.1 Å². The van der Waals surface area contributed by atoms with Gasteiger partial charge < -0.3 is 15.8 Å². The molecule has 0 saturated heterocycles. The van der Waals surface area contributed by atoms with Crippen LogP contribution in [0.1, 0.15) is 35.7 Å². The minimum atomic E-state index is -0.229. The van der Waals surface area contributed by atoms with E-state index in [-0.39, 0.29) is 11.9 Å². The maximum absolute atomic E-state index is 11.8. The zero-order chi connectivity index (χ0) is 14.8. The van der Waals surface area contributed by atoms with Crippen molar-refractivity contribution in [2.75, 3.05) is 19.7 Å². The Balaban J connectivity index is 2.30. The molecule has 1 aromatic rings. The highest BCUT2D eigenvalue weighted by atomic mass is 16.5. The van der Waals surface area contributed by atoms with Crippen LogP contribution >= 0.6 is 0 Å². The Morgan fingerprint density at radius 1 is 1.25 bits per heavy atom. The van der Waals surface area contributed by atoms with Crippen molar-refractivity contribution in [2.24, 2.45) is 5.73 Å². The third kappa shape index (κ3) is 5.84. The molecule has 110 valence electrons. The Labute approximate surface area is 119 Å². The second kappa shape index (κ2) is 9.09. The van der Waals surface area contributed by atoms with Crippen molar-refractivity contribution in [1.82, 2.24) is 5.32 Å². The summed E-state index contributed by atoms with van der Waals surface area (Å²) in [6, 6.07) is 7.37. The molecular formula is C15H22N2O3. The van der Waals surface area contributed by atoms with Crippen LogP contribution in [0.4, 0.5) is 0 Å². The molecule has 1 amide bonds. The molecule has 0 aliphatic heterocycles. The summed E-state index contributed by atoms with van der Waals surface area (Å²) in [7, 11) is 0. The molecule has 0 bridgehead atoms. The fourth-order valence-corrected chi connectivity index (χ4v) is 1.76. The van der Waals surface area contributed by atoms with Crippen LogP contribution in [0.25, 0.3) is 0 Å². The summed E-state index contributed by atoms with van der Waals surface area (Å²) in [5.41, 5.74) is 7.20. The van der Waals surface area contributed by atoms with E-state index in [4.69, 9.17) is 10.5 Å². The van der Waals surface area contributed by atoms with Crippen molar-refractivity contribution in [3.63, 3.8) is 0 Å². The fraction of sp³-hybridized carbons (Fsp3) is 0.467. The van der Waals surface area contributed by atoms with Crippen molar-refractivity contribution in [3.05, 3.63) is 35.4 Å². The van der Waals surface area contributed by atoms with Crippen LogP contribution in [0.5, 0.6) is 0 Å². The van der Waals surface area contributed by atoms with Gasteiger partial charge in [-0.05, 0) is 44.0 Å². The topological polar surface area (TPSA) is 81.4 Å². The third-order valence-electron chi connectivity index (χ3n) is 2.80. The maximum Gasteiger partial charge on any atom is 0.305 e. The van der Waals surface area contributed by atoms with Crippen molar-refractivity contribution >= 4 is 11.9 Å². The van der Waals surface area contributed by atoms with Gasteiger partial charge >= 0.3 is 5.97 Å². The van der Waals surface area contributed by atoms with Crippen LogP contribution in [-0.4, -0.2) is 31.6 Å². The summed E-state index contributed by atoms with van der Waals surface area (Å²) in [6.07, 6.45) is 1.71. The minimum Gasteiger partial charge on any atom is -0.466 e. The lowest BCUT2D eigenvalue weighted by atomic mass is 10.1. The van der Waals surface area contributed by atoms with E-state index < -0.39 is 0 Å². The molecule has 5 nitrogen and oxygen atoms in total. The van der Waals surface area contributed by atoms with E-state index in [1.165, 1.54) is 0 Å². The lowest BCUT2D eigenvalue weighted by Crippen LogP contribution is -2.25. The smallest absolute Gasteiger partial charge is 0.305 e. The van der Waals surface area contributed by atoms with E-state index in [2.05, 4.69) is 5.32 Å². The number of carbonyl (C=O) groups is 2. The highest BCUT2D eigenvalue weighted by Gasteiger charge is 2.06. The SMILES string of the molecule is CCOC(=O)CCCNC(=O)c1ccc(CCN)cc1. The first-order valence-electron chi connectivity index (χ1n) is 6.90. The molecule has 1 rings (SSSR count). The van der Waals surface area contributed by atoms with Gasteiger partial charge in [0.25, 0.3) is 5.91 Å². The molecular weight excluding hydrogens is 256 g/mol. The van der Waals surface area contributed by atoms with Gasteiger partial charge in [0.15, 0.2) is 0 Å². The Morgan fingerprint density at radius 2 is 1.95 bits per heavy atom. The highest BCUT2D eigenvalue weighted by molar-refractivity contribution is 5.94. The zero-order valence-electron chi connectivity index (χ0n) is 11.9. The summed E-state index contributed by atoms with van der Waals surface area (Å²) in [4.78, 5) is 22.9. The van der Waals surface area contributed by atoms with Gasteiger partial charge in [0.1, 0.15) is 0 Å². The van der Waals surface area contributed by atoms with E-state index >= 15 is 0 Å². The summed E-state index contributed by atoms with van der Waals surface area (Å²) >= 11 is 0. The molecule has 0 fully saturated rings. The summed E-state index contributed by atoms with van der Waals surface area (Å²) in [6.45, 7) is 3.22. The van der Waals surface area contributed by atoms with Crippen molar-refractivity contribution in [3.8, 4) is 0 Å². The second-order valence-electron chi connectivity index (χ2n) is 4.40. The largest absolute Gasteiger partial charge is 0.466 e. The van der Waals surface area contributed by atoms with E-state index in [0.717, 1.165) is 12.0 Å². The van der Waals surface area contributed by atoms with Gasteiger partial charge in [-0.3, -0.25) is 9.59 Å². The zero-order valence-corrected chi connectivity index (χ0v) is 11.9. The van der Waals surface area contributed by atoms with E-state index in [9.17, 15) is 9.59 Å². The number of nitrogens with two attached hydrogens (primary N) is 1. The first kappa shape index (κ1) is 16.2. The number of carbonyl (C=O) groups excluding carboxylic acids is 2. The van der Waals surface area contributed by atoms with Gasteiger partial charge in [-0.2, -0.15) is 0 Å². The summed E-state index contributed by atoms with van der Waals surface area (Å²) in [5.74, 6) is -0.360. The molecule has 0 aromatic heterocycles. The fourth-order valence-electron chi connectivity index (χ4n) is 1.76. The van der Waals surface area contributed by atoms with E-state index in [1.54, 1.807) is 19.1 Å². The number of benzene rings is 1. The number of hydrogen-bond acceptors (Lipinski definition) is 4. The van der Waals surface area contributed by atoms with Crippen LogP contribution in [0.2, 0.25) is 0 Å². The molecule has 0 aliphatic rings. The Hall–Kier alpha value is -1.88. The minimum absolute atomic E-state index is 0.131. The van der Waals surface area contributed by atoms with Gasteiger partial charge in [-0.25, -0.2) is 0 Å². The van der Waals surface area contributed by atoms with Gasteiger partial charge in [0, 0.05) is 18.5 Å². The molecule has 0 atom stereocenters. The standard InChI is InChI=1S/C15H22N2O3/c1-2-20-14(18)4-3-11-17-15(19)13-7-5-12(6-8-13)9-10-16/h5-8H,2-4,9-11,16H2,1H3,(H,17,19). The lowest BCUT2D eigenvalue weighted by Gasteiger charge is -2.06. The van der Waals surface area contributed by atoms with Crippen molar-refractivity contribution in [2.45, 2.75) is 26.2 Å². The second-order valence-corrected chi connectivity index (χ2v) is 4.40. The average Bonchev–Trinajstić information content (AvgIpc) is 2.45. The first-order valence-corrected chi connectivity index (χ1v) is 6.90. The molecule has 1 aromatic carbocycles. The lowest BCUT2D eigenvalue weighted by molar-refractivity contribution is -0.143. The van der Waals surface area contributed by atoms with Crippen LogP contribution in [-0.2, 0) is 16.0 Å². The van der Waals surface area contributed by atoms with Crippen molar-refractivity contribution < 1.29 is 14.3 Å². The normalized spacial score (nSPS) is 10.1. The number of rotatable bonds is 8. The van der Waals surface area contributed by atoms with E-state index in [1.807, 2.05) is 12.1 Å². The summed E-state index contributed by atoms with van der Waals surface area (Å²) < 4.78 is 4.81. The Bertz CT molecular complexity index is 429. The first-order chi connectivity index (χ1) is 9.67. The quantitative estimate of drug-likeness (QED) is 0.554. The highest BCUT2D eigenvalue weighted by Crippen LogP contribution is 2.05. The molecule has 0 radical (unpaired) electrons. The Kier molecular flexibility index (Phi) is 7.35. The number of hydrogen-bond donors (Lipinski definition) is 2. The van der Waals surface area contributed by atoms with E-state index in [0.29, 0.717) is 38.1 Å². The monoisotopic (exact) mass is 278 g/mol. The average molecular weight is 278 g/mol. The number of esters is 1. The molecule has 3 N–H and O–H groups in total. The molecule has 0 heterocycles. The molecule has 0 aliphatic carbocycles. The Morgan fingerprint density at radius 3 is 2.55 bits per heavy atom. The number of amides is 1. The number of ether oxygens (including phenoxy) is 1. The van der Waals surface area contributed by atoms with Gasteiger partial charge in [-0.15, -0.1) is 0 Å². The molecule has 5 heteroatoms. The predicted octanol–water partition coefficient (Wildman–Crippen LogP) is 1.26.